The number of rotatable bonds is 1. The minimum atomic E-state index is -0.227. The summed E-state index contributed by atoms with van der Waals surface area (Å²) in [4.78, 5) is 21.7. The van der Waals surface area contributed by atoms with Crippen LogP contribution in [0.4, 0.5) is 0 Å². The number of nitrogens with one attached hydrogen (secondary N) is 1. The molecule has 3 heterocycles. The molecular weight excluding hydrogens is 253 g/mol. The lowest BCUT2D eigenvalue weighted by Gasteiger charge is -2.35. The first-order valence-electron chi connectivity index (χ1n) is 6.52. The van der Waals surface area contributed by atoms with Crippen LogP contribution in [0.3, 0.4) is 0 Å². The standard InChI is InChI=1S/C14H12BN3O2/c1-18-5-7(6-18)13-16-11-9-4-8(15)2-3-10(9)20-12(11)14(19)17-13/h2-4,7H,5-6H2,1H3,(H,16,17,19). The Hall–Kier alpha value is -2.08. The van der Waals surface area contributed by atoms with Crippen molar-refractivity contribution in [3.05, 3.63) is 34.4 Å². The molecule has 2 radical (unpaired) electrons. The number of benzene rings is 1. The number of H-pyrrole nitrogens is 1. The van der Waals surface area contributed by atoms with Crippen LogP contribution >= 0.6 is 0 Å². The molecule has 5 nitrogen and oxygen atoms in total. The maximum absolute atomic E-state index is 12.1. The molecule has 0 saturated carbocycles. The zero-order valence-electron chi connectivity index (χ0n) is 11.0. The predicted octanol–water partition coefficient (Wildman–Crippen LogP) is 0.492. The van der Waals surface area contributed by atoms with Gasteiger partial charge in [-0.15, -0.1) is 0 Å². The van der Waals surface area contributed by atoms with E-state index in [1.165, 1.54) is 0 Å². The monoisotopic (exact) mass is 265 g/mol. The van der Waals surface area contributed by atoms with Gasteiger partial charge in [-0.2, -0.15) is 0 Å². The van der Waals surface area contributed by atoms with Crippen molar-refractivity contribution in [2.45, 2.75) is 5.92 Å². The maximum atomic E-state index is 12.1. The number of nitrogens with zero attached hydrogens (tertiary/aromatic N) is 2. The van der Waals surface area contributed by atoms with E-state index in [1.54, 1.807) is 18.2 Å². The third-order valence-corrected chi connectivity index (χ3v) is 3.82. The van der Waals surface area contributed by atoms with Crippen LogP contribution in [0.15, 0.2) is 27.4 Å². The van der Waals surface area contributed by atoms with E-state index < -0.39 is 0 Å². The Kier molecular flexibility index (Phi) is 2.32. The smallest absolute Gasteiger partial charge is 0.294 e. The molecule has 1 aromatic carbocycles. The summed E-state index contributed by atoms with van der Waals surface area (Å²) in [6.45, 7) is 1.82. The second kappa shape index (κ2) is 3.96. The molecule has 2 aromatic heterocycles. The molecule has 1 saturated heterocycles. The fraction of sp³-hybridized carbons (Fsp3) is 0.286. The lowest BCUT2D eigenvalue weighted by atomic mass is 9.95. The number of furan rings is 1. The molecule has 1 N–H and O–H groups in total. The molecule has 1 aliphatic heterocycles. The number of aromatic amines is 1. The van der Waals surface area contributed by atoms with Gasteiger partial charge in [0.05, 0.1) is 0 Å². The third kappa shape index (κ3) is 1.61. The van der Waals surface area contributed by atoms with Crippen LogP contribution in [-0.2, 0) is 0 Å². The van der Waals surface area contributed by atoms with Gasteiger partial charge in [0.15, 0.2) is 0 Å². The van der Waals surface area contributed by atoms with E-state index in [-0.39, 0.29) is 17.1 Å². The maximum Gasteiger partial charge on any atom is 0.294 e. The first kappa shape index (κ1) is 11.7. The molecule has 1 fully saturated rings. The predicted molar refractivity (Wildman–Crippen MR) is 77.8 cm³/mol. The SMILES string of the molecule is [B]c1ccc2oc3c(=O)[nH]c(C4CN(C)C4)nc3c2c1. The highest BCUT2D eigenvalue weighted by molar-refractivity contribution is 6.33. The van der Waals surface area contributed by atoms with E-state index in [9.17, 15) is 4.79 Å². The molecule has 98 valence electrons. The summed E-state index contributed by atoms with van der Waals surface area (Å²) in [6.07, 6.45) is 0. The van der Waals surface area contributed by atoms with Gasteiger partial charge in [0.25, 0.3) is 5.56 Å². The van der Waals surface area contributed by atoms with Crippen LogP contribution in [0.2, 0.25) is 0 Å². The zero-order chi connectivity index (χ0) is 13.9. The Morgan fingerprint density at radius 1 is 1.45 bits per heavy atom. The molecule has 3 aromatic rings. The average Bonchev–Trinajstić information content (AvgIpc) is 2.74. The summed E-state index contributed by atoms with van der Waals surface area (Å²) in [5.41, 5.74) is 1.90. The second-order valence-corrected chi connectivity index (χ2v) is 5.40. The van der Waals surface area contributed by atoms with Crippen LogP contribution < -0.4 is 11.0 Å². The second-order valence-electron chi connectivity index (χ2n) is 5.40. The van der Waals surface area contributed by atoms with Gasteiger partial charge in [-0.1, -0.05) is 17.6 Å². The Balaban J connectivity index is 1.99. The van der Waals surface area contributed by atoms with Crippen molar-refractivity contribution in [3.8, 4) is 0 Å². The summed E-state index contributed by atoms with van der Waals surface area (Å²) < 4.78 is 5.57. The minimum Gasteiger partial charge on any atom is -0.449 e. The van der Waals surface area contributed by atoms with Crippen molar-refractivity contribution >= 4 is 35.4 Å². The normalized spacial score (nSPS) is 16.9. The molecule has 0 unspecified atom stereocenters. The topological polar surface area (TPSA) is 62.1 Å². The van der Waals surface area contributed by atoms with E-state index >= 15 is 0 Å². The zero-order valence-corrected chi connectivity index (χ0v) is 11.0. The van der Waals surface area contributed by atoms with Crippen molar-refractivity contribution in [1.82, 2.24) is 14.9 Å². The molecule has 0 atom stereocenters. The van der Waals surface area contributed by atoms with Gasteiger partial charge in [0, 0.05) is 24.4 Å². The molecule has 4 rings (SSSR count). The van der Waals surface area contributed by atoms with Crippen LogP contribution in [0.5, 0.6) is 0 Å². The lowest BCUT2D eigenvalue weighted by molar-refractivity contribution is 0.183. The molecule has 20 heavy (non-hydrogen) atoms. The van der Waals surface area contributed by atoms with Crippen LogP contribution in [0.25, 0.3) is 22.1 Å². The van der Waals surface area contributed by atoms with E-state index in [2.05, 4.69) is 14.9 Å². The summed E-state index contributed by atoms with van der Waals surface area (Å²) in [5.74, 6) is 1.01. The fourth-order valence-corrected chi connectivity index (χ4v) is 2.75. The Labute approximate surface area is 116 Å². The van der Waals surface area contributed by atoms with Gasteiger partial charge in [-0.3, -0.25) is 4.79 Å². The van der Waals surface area contributed by atoms with Gasteiger partial charge in [0.1, 0.15) is 24.8 Å². The molecule has 6 heteroatoms. The van der Waals surface area contributed by atoms with E-state index in [4.69, 9.17) is 12.3 Å². The highest BCUT2D eigenvalue weighted by atomic mass is 16.3. The molecule has 0 spiro atoms. The van der Waals surface area contributed by atoms with Crippen molar-refractivity contribution in [1.29, 1.82) is 0 Å². The summed E-state index contributed by atoms with van der Waals surface area (Å²) in [6, 6.07) is 5.31. The van der Waals surface area contributed by atoms with Gasteiger partial charge in [0.2, 0.25) is 5.58 Å². The van der Waals surface area contributed by atoms with Crippen LogP contribution in [-0.4, -0.2) is 42.9 Å². The number of likely N-dealkylation sites (N-methyl/N-ethyl adjacent to an activating group) is 1. The van der Waals surface area contributed by atoms with Crippen molar-refractivity contribution < 1.29 is 4.42 Å². The summed E-state index contributed by atoms with van der Waals surface area (Å²) in [5, 5.41) is 0.792. The number of likely N-dealkylation sites (tertiary alicyclic amines) is 1. The van der Waals surface area contributed by atoms with Gasteiger partial charge >= 0.3 is 0 Å². The Morgan fingerprint density at radius 2 is 2.25 bits per heavy atom. The highest BCUT2D eigenvalue weighted by Gasteiger charge is 2.28. The number of fused-ring (bicyclic) bond motifs is 3. The Morgan fingerprint density at radius 3 is 3.00 bits per heavy atom. The van der Waals surface area contributed by atoms with E-state index in [1.807, 2.05) is 7.05 Å². The van der Waals surface area contributed by atoms with Crippen molar-refractivity contribution in [2.75, 3.05) is 20.1 Å². The van der Waals surface area contributed by atoms with Gasteiger partial charge in [-0.05, 0) is 13.1 Å². The number of hydrogen-bond acceptors (Lipinski definition) is 4. The summed E-state index contributed by atoms with van der Waals surface area (Å²) >= 11 is 0. The molecule has 1 aliphatic rings. The largest absolute Gasteiger partial charge is 0.449 e. The average molecular weight is 265 g/mol. The van der Waals surface area contributed by atoms with Crippen molar-refractivity contribution in [2.24, 2.45) is 0 Å². The highest BCUT2D eigenvalue weighted by Crippen LogP contribution is 2.27. The molecule has 0 amide bonds. The first-order chi connectivity index (χ1) is 9.61. The van der Waals surface area contributed by atoms with Crippen LogP contribution in [0.1, 0.15) is 11.7 Å². The first-order valence-corrected chi connectivity index (χ1v) is 6.52. The minimum absolute atomic E-state index is 0.227. The van der Waals surface area contributed by atoms with Crippen molar-refractivity contribution in [3.63, 3.8) is 0 Å². The molecular formula is C14H12BN3O2. The summed E-state index contributed by atoms with van der Waals surface area (Å²) in [7, 11) is 7.85. The van der Waals surface area contributed by atoms with E-state index in [0.29, 0.717) is 16.6 Å². The molecule has 0 bridgehead atoms. The van der Waals surface area contributed by atoms with Gasteiger partial charge in [-0.25, -0.2) is 4.98 Å². The fourth-order valence-electron chi connectivity index (χ4n) is 2.75. The molecule has 0 aliphatic carbocycles. The number of hydrogen-bond donors (Lipinski definition) is 1. The Bertz CT molecular complexity index is 877. The lowest BCUT2D eigenvalue weighted by Crippen LogP contribution is -2.43. The van der Waals surface area contributed by atoms with E-state index in [0.717, 1.165) is 24.3 Å². The number of aromatic nitrogens is 2. The third-order valence-electron chi connectivity index (χ3n) is 3.82. The van der Waals surface area contributed by atoms with Crippen LogP contribution in [0, 0.1) is 0 Å². The quantitative estimate of drug-likeness (QED) is 0.650. The van der Waals surface area contributed by atoms with Gasteiger partial charge < -0.3 is 14.3 Å².